The molecule has 6 nitrogen and oxygen atoms in total. The van der Waals surface area contributed by atoms with Gasteiger partial charge in [0.1, 0.15) is 0 Å². The third-order valence-electron chi connectivity index (χ3n) is 4.69. The molecule has 3 aromatic rings. The van der Waals surface area contributed by atoms with Crippen molar-refractivity contribution in [2.24, 2.45) is 5.10 Å². The van der Waals surface area contributed by atoms with Crippen LogP contribution in [0.5, 0.6) is 11.5 Å². The zero-order valence-corrected chi connectivity index (χ0v) is 19.6. The zero-order valence-electron chi connectivity index (χ0n) is 17.4. The van der Waals surface area contributed by atoms with Crippen LogP contribution in [0.4, 0.5) is 0 Å². The number of halogens is 1. The maximum absolute atomic E-state index is 12.1. The van der Waals surface area contributed by atoms with Crippen LogP contribution in [0.3, 0.4) is 0 Å². The van der Waals surface area contributed by atoms with Gasteiger partial charge < -0.3 is 14.0 Å². The number of amides is 1. The van der Waals surface area contributed by atoms with Gasteiger partial charge in [0.05, 0.1) is 13.3 Å². The summed E-state index contributed by atoms with van der Waals surface area (Å²) in [4.78, 5) is 12.1. The third kappa shape index (κ3) is 5.02. The van der Waals surface area contributed by atoms with Gasteiger partial charge >= 0.3 is 0 Å². The second kappa shape index (κ2) is 9.80. The number of hydrogen-bond donors (Lipinski definition) is 1. The number of nitrogens with one attached hydrogen (secondary N) is 1. The minimum Gasteiger partial charge on any atom is -0.493 e. The number of ether oxygens (including phenoxy) is 2. The molecule has 0 radical (unpaired) electrons. The second-order valence-electron chi connectivity index (χ2n) is 6.83. The molecule has 156 valence electrons. The summed E-state index contributed by atoms with van der Waals surface area (Å²) in [6.45, 7) is 6.04. The Morgan fingerprint density at radius 1 is 1.13 bits per heavy atom. The highest BCUT2D eigenvalue weighted by Crippen LogP contribution is 2.25. The lowest BCUT2D eigenvalue weighted by Crippen LogP contribution is -2.24. The predicted molar refractivity (Wildman–Crippen MR) is 127 cm³/mol. The molecule has 1 amide bonds. The van der Waals surface area contributed by atoms with Crippen LogP contribution in [0, 0.1) is 24.3 Å². The van der Waals surface area contributed by atoms with Crippen molar-refractivity contribution in [3.63, 3.8) is 0 Å². The first-order chi connectivity index (χ1) is 14.4. The summed E-state index contributed by atoms with van der Waals surface area (Å²) in [5.41, 5.74) is 7.94. The van der Waals surface area contributed by atoms with E-state index in [1.54, 1.807) is 25.5 Å². The van der Waals surface area contributed by atoms with E-state index >= 15 is 0 Å². The van der Waals surface area contributed by atoms with Gasteiger partial charge in [0.15, 0.2) is 18.1 Å². The highest BCUT2D eigenvalue weighted by atomic mass is 127. The van der Waals surface area contributed by atoms with Gasteiger partial charge in [-0.1, -0.05) is 12.1 Å². The number of hydrogen-bond acceptors (Lipinski definition) is 4. The van der Waals surface area contributed by atoms with Crippen molar-refractivity contribution in [1.29, 1.82) is 0 Å². The Bertz CT molecular complexity index is 1090. The van der Waals surface area contributed by atoms with Crippen molar-refractivity contribution >= 4 is 34.7 Å². The summed E-state index contributed by atoms with van der Waals surface area (Å²) in [5.74, 6) is 0.738. The lowest BCUT2D eigenvalue weighted by molar-refractivity contribution is -0.123. The predicted octanol–water partition coefficient (Wildman–Crippen LogP) is 4.54. The number of carbonyl (C=O) groups excluding carboxylic acids is 1. The van der Waals surface area contributed by atoms with Gasteiger partial charge in [0.2, 0.25) is 0 Å². The summed E-state index contributed by atoms with van der Waals surface area (Å²) in [7, 11) is 1.56. The normalized spacial score (nSPS) is 11.0. The lowest BCUT2D eigenvalue weighted by Gasteiger charge is -2.11. The van der Waals surface area contributed by atoms with Gasteiger partial charge in [-0.15, -0.1) is 0 Å². The van der Waals surface area contributed by atoms with E-state index in [9.17, 15) is 4.79 Å². The molecular formula is C23H24IN3O3. The minimum atomic E-state index is -0.348. The minimum absolute atomic E-state index is 0.154. The van der Waals surface area contributed by atoms with E-state index in [4.69, 9.17) is 9.47 Å². The van der Waals surface area contributed by atoms with E-state index in [-0.39, 0.29) is 12.5 Å². The Morgan fingerprint density at radius 2 is 1.87 bits per heavy atom. The highest BCUT2D eigenvalue weighted by molar-refractivity contribution is 14.1. The molecule has 0 aliphatic heterocycles. The smallest absolute Gasteiger partial charge is 0.277 e. The van der Waals surface area contributed by atoms with E-state index < -0.39 is 0 Å². The van der Waals surface area contributed by atoms with Gasteiger partial charge in [0, 0.05) is 26.2 Å². The average molecular weight is 517 g/mol. The molecule has 7 heteroatoms. The zero-order chi connectivity index (χ0) is 21.7. The Labute approximate surface area is 190 Å². The van der Waals surface area contributed by atoms with Gasteiger partial charge in [-0.05, 0) is 85.3 Å². The van der Waals surface area contributed by atoms with E-state index in [0.717, 1.165) is 22.6 Å². The van der Waals surface area contributed by atoms with Crippen LogP contribution in [-0.2, 0) is 4.79 Å². The molecular weight excluding hydrogens is 493 g/mol. The molecule has 0 unspecified atom stereocenters. The Balaban J connectivity index is 1.65. The number of nitrogens with zero attached hydrogens (tertiary/aromatic N) is 2. The largest absolute Gasteiger partial charge is 0.493 e. The number of hydrazone groups is 1. The fourth-order valence-electron chi connectivity index (χ4n) is 3.17. The van der Waals surface area contributed by atoms with E-state index in [2.05, 4.69) is 69.7 Å². The van der Waals surface area contributed by atoms with Crippen LogP contribution >= 0.6 is 22.6 Å². The lowest BCUT2D eigenvalue weighted by atomic mass is 10.2. The maximum atomic E-state index is 12.1. The van der Waals surface area contributed by atoms with Crippen LogP contribution in [0.15, 0.2) is 53.6 Å². The molecule has 3 rings (SSSR count). The van der Waals surface area contributed by atoms with Crippen molar-refractivity contribution in [3.8, 4) is 17.2 Å². The van der Waals surface area contributed by atoms with Gasteiger partial charge in [-0.2, -0.15) is 5.10 Å². The number of rotatable bonds is 7. The third-order valence-corrected chi connectivity index (χ3v) is 5.90. The SMILES string of the molecule is COc1ccccc1OCC(=O)N/N=C/c1cc(C)n(-c2ccc(I)c(C)c2)c1C. The van der Waals surface area contributed by atoms with Crippen LogP contribution in [0.25, 0.3) is 5.69 Å². The number of methoxy groups -OCH3 is 1. The fourth-order valence-corrected chi connectivity index (χ4v) is 3.51. The molecule has 0 saturated heterocycles. The molecule has 1 heterocycles. The molecule has 0 aliphatic carbocycles. The van der Waals surface area contributed by atoms with Crippen molar-refractivity contribution in [3.05, 3.63) is 74.6 Å². The molecule has 0 aliphatic rings. The van der Waals surface area contributed by atoms with Crippen molar-refractivity contribution in [2.45, 2.75) is 20.8 Å². The number of carbonyl (C=O) groups is 1. The highest BCUT2D eigenvalue weighted by Gasteiger charge is 2.11. The van der Waals surface area contributed by atoms with Crippen LogP contribution < -0.4 is 14.9 Å². The Hall–Kier alpha value is -2.81. The maximum Gasteiger partial charge on any atom is 0.277 e. The number of benzene rings is 2. The molecule has 1 aromatic heterocycles. The van der Waals surface area contributed by atoms with Crippen molar-refractivity contribution < 1.29 is 14.3 Å². The van der Waals surface area contributed by atoms with E-state index in [0.29, 0.717) is 11.5 Å². The van der Waals surface area contributed by atoms with Crippen LogP contribution in [0.2, 0.25) is 0 Å². The quantitative estimate of drug-likeness (QED) is 0.284. The monoisotopic (exact) mass is 517 g/mol. The molecule has 2 aromatic carbocycles. The van der Waals surface area contributed by atoms with Crippen LogP contribution in [0.1, 0.15) is 22.5 Å². The molecule has 0 bridgehead atoms. The van der Waals surface area contributed by atoms with Gasteiger partial charge in [-0.25, -0.2) is 5.43 Å². The second-order valence-corrected chi connectivity index (χ2v) is 7.99. The molecule has 0 fully saturated rings. The average Bonchev–Trinajstić information content (AvgIpc) is 3.02. The van der Waals surface area contributed by atoms with E-state index in [1.165, 1.54) is 9.13 Å². The molecule has 0 atom stereocenters. The summed E-state index contributed by atoms with van der Waals surface area (Å²) in [6, 6.07) is 15.6. The molecule has 1 N–H and O–H groups in total. The topological polar surface area (TPSA) is 64.8 Å². The Kier molecular flexibility index (Phi) is 7.15. The number of aromatic nitrogens is 1. The van der Waals surface area contributed by atoms with Crippen molar-refractivity contribution in [2.75, 3.05) is 13.7 Å². The first-order valence-corrected chi connectivity index (χ1v) is 10.5. The number of para-hydroxylation sites is 2. The first-order valence-electron chi connectivity index (χ1n) is 9.44. The summed E-state index contributed by atoms with van der Waals surface area (Å²) < 4.78 is 14.1. The molecule has 0 saturated carbocycles. The van der Waals surface area contributed by atoms with Crippen LogP contribution in [-0.4, -0.2) is 30.4 Å². The fraction of sp³-hybridized carbons (Fsp3) is 0.217. The summed E-state index contributed by atoms with van der Waals surface area (Å²) in [5, 5.41) is 4.09. The molecule has 0 spiro atoms. The van der Waals surface area contributed by atoms with E-state index in [1.807, 2.05) is 25.1 Å². The van der Waals surface area contributed by atoms with Gasteiger partial charge in [-0.3, -0.25) is 4.79 Å². The summed E-state index contributed by atoms with van der Waals surface area (Å²) >= 11 is 2.33. The van der Waals surface area contributed by atoms with Crippen molar-refractivity contribution in [1.82, 2.24) is 9.99 Å². The first kappa shape index (κ1) is 21.9. The van der Waals surface area contributed by atoms with Gasteiger partial charge in [0.25, 0.3) is 5.91 Å². The molecule has 30 heavy (non-hydrogen) atoms. The number of aryl methyl sites for hydroxylation is 2. The standard InChI is InChI=1S/C23H24IN3O3/c1-15-11-19(9-10-20(15)24)27-16(2)12-18(17(27)3)13-25-26-23(28)14-30-22-8-6-5-7-21(22)29-4/h5-13H,14H2,1-4H3,(H,26,28)/b25-13+. The Morgan fingerprint density at radius 3 is 2.57 bits per heavy atom. The summed E-state index contributed by atoms with van der Waals surface area (Å²) in [6.07, 6.45) is 1.65.